The standard InChI is InChI=1S/C42H40ClN3O4/c1-23-20-41(3,4)45(7)34-18-36-32(16-29(23)34)38(33-17-30-24(2)21-42(5,6)46(8)35(30)19-37(33)50-36)28-14-13-27(15-31(28)40(48)49)44-39(47)26-11-9-25(22-43)10-12-26/h9-21H,22H2,1-8H3,(H-,44,47,48,49). The highest BCUT2D eigenvalue weighted by atomic mass is 35.5. The van der Waals surface area contributed by atoms with Crippen LogP contribution in [-0.2, 0) is 5.88 Å². The average Bonchev–Trinajstić information content (AvgIpc) is 3.07. The molecule has 0 bridgehead atoms. The van der Waals surface area contributed by atoms with Crippen molar-refractivity contribution in [2.45, 2.75) is 58.5 Å². The summed E-state index contributed by atoms with van der Waals surface area (Å²) in [7, 11) is 4.15. The summed E-state index contributed by atoms with van der Waals surface area (Å²) >= 11 is 5.92. The Morgan fingerprint density at radius 3 is 1.76 bits per heavy atom. The Hall–Kier alpha value is -5.14. The van der Waals surface area contributed by atoms with Crippen LogP contribution in [0.1, 0.15) is 78.9 Å². The maximum atomic E-state index is 13.1. The number of likely N-dealkylation sites (N-methyl/N-ethyl adjacent to an activating group) is 2. The second kappa shape index (κ2) is 11.7. The number of fused-ring (bicyclic) bond motifs is 4. The van der Waals surface area contributed by atoms with Gasteiger partial charge in [-0.1, -0.05) is 30.4 Å². The minimum absolute atomic E-state index is 0.0411. The zero-order valence-electron chi connectivity index (χ0n) is 29.6. The van der Waals surface area contributed by atoms with Crippen molar-refractivity contribution in [2.75, 3.05) is 29.2 Å². The molecule has 1 amide bonds. The van der Waals surface area contributed by atoms with Crippen LogP contribution in [0.25, 0.3) is 44.2 Å². The molecule has 0 radical (unpaired) electrons. The van der Waals surface area contributed by atoms with Crippen LogP contribution in [0.4, 0.5) is 17.1 Å². The molecule has 0 unspecified atom stereocenters. The third kappa shape index (κ3) is 5.41. The van der Waals surface area contributed by atoms with Crippen molar-refractivity contribution >= 4 is 73.6 Å². The molecule has 5 aromatic rings. The van der Waals surface area contributed by atoms with Gasteiger partial charge >= 0.3 is 11.2 Å². The maximum Gasteiger partial charge on any atom is 0.363 e. The van der Waals surface area contributed by atoms with Gasteiger partial charge in [0, 0.05) is 53.5 Å². The van der Waals surface area contributed by atoms with Crippen LogP contribution in [0.2, 0.25) is 0 Å². The summed E-state index contributed by atoms with van der Waals surface area (Å²) in [6.07, 6.45) is 4.49. The van der Waals surface area contributed by atoms with Gasteiger partial charge in [0.1, 0.15) is 0 Å². The van der Waals surface area contributed by atoms with E-state index in [1.807, 2.05) is 0 Å². The van der Waals surface area contributed by atoms with Gasteiger partial charge in [0.25, 0.3) is 5.91 Å². The lowest BCUT2D eigenvalue weighted by molar-refractivity contribution is -0.254. The molecule has 0 fully saturated rings. The molecule has 8 heteroatoms. The number of aromatic carboxylic acids is 1. The number of carboxylic acid groups (broad SMARTS) is 1. The molecule has 4 aromatic carbocycles. The fourth-order valence-corrected chi connectivity index (χ4v) is 7.60. The largest absolute Gasteiger partial charge is 0.545 e. The molecule has 2 aliphatic rings. The lowest BCUT2D eigenvalue weighted by atomic mass is 9.85. The summed E-state index contributed by atoms with van der Waals surface area (Å²) in [5, 5.41) is 17.4. The van der Waals surface area contributed by atoms with E-state index in [2.05, 4.69) is 107 Å². The predicted molar refractivity (Wildman–Crippen MR) is 204 cm³/mol. The van der Waals surface area contributed by atoms with Gasteiger partial charge in [-0.05, 0) is 100 Å². The Bertz CT molecular complexity index is 2240. The number of carboxylic acids is 1. The fraction of sp³-hybridized carbons (Fsp3) is 0.262. The van der Waals surface area contributed by atoms with Crippen molar-refractivity contribution in [2.24, 2.45) is 0 Å². The summed E-state index contributed by atoms with van der Waals surface area (Å²) in [4.78, 5) is 30.6. The highest BCUT2D eigenvalue weighted by Crippen LogP contribution is 2.48. The molecule has 0 saturated heterocycles. The van der Waals surface area contributed by atoms with Crippen LogP contribution in [0.15, 0.2) is 83.3 Å². The second-order valence-electron chi connectivity index (χ2n) is 14.6. The number of benzene rings is 4. The fourth-order valence-electron chi connectivity index (χ4n) is 7.43. The summed E-state index contributed by atoms with van der Waals surface area (Å²) in [5.74, 6) is -1.37. The number of halogens is 1. The molecule has 1 aromatic heterocycles. The molecule has 50 heavy (non-hydrogen) atoms. The lowest BCUT2D eigenvalue weighted by Gasteiger charge is -2.40. The van der Waals surface area contributed by atoms with Gasteiger partial charge in [-0.3, -0.25) is 4.79 Å². The Morgan fingerprint density at radius 1 is 0.760 bits per heavy atom. The Labute approximate surface area is 297 Å². The SMILES string of the molecule is CC1=CC(C)(C)N(C)c2cc3[o+]c4cc5c(cc4c(-c4ccc(NC(=O)c6ccc(CCl)cc6)cc4C(=O)[O-])c3cc21)C(C)=CC(C)(C)N5C. The van der Waals surface area contributed by atoms with Gasteiger partial charge < -0.3 is 25.0 Å². The number of anilines is 3. The van der Waals surface area contributed by atoms with Gasteiger partial charge in [0.2, 0.25) is 0 Å². The quantitative estimate of drug-likeness (QED) is 0.113. The molecular formula is C42H40ClN3O4. The molecule has 7 nitrogen and oxygen atoms in total. The van der Waals surface area contributed by atoms with Crippen LogP contribution in [0.3, 0.4) is 0 Å². The number of nitrogens with zero attached hydrogens (tertiary/aromatic N) is 2. The van der Waals surface area contributed by atoms with Crippen LogP contribution in [0, 0.1) is 0 Å². The number of carbonyl (C=O) groups excluding carboxylic acids is 2. The van der Waals surface area contributed by atoms with Crippen molar-refractivity contribution in [1.29, 1.82) is 0 Å². The Balaban J connectivity index is 1.49. The third-order valence-corrected chi connectivity index (χ3v) is 10.8. The van der Waals surface area contributed by atoms with E-state index in [1.165, 1.54) is 6.07 Å². The second-order valence-corrected chi connectivity index (χ2v) is 14.9. The Kier molecular flexibility index (Phi) is 7.83. The summed E-state index contributed by atoms with van der Waals surface area (Å²) in [6.45, 7) is 12.9. The average molecular weight is 686 g/mol. The van der Waals surface area contributed by atoms with E-state index < -0.39 is 5.97 Å². The van der Waals surface area contributed by atoms with E-state index in [-0.39, 0.29) is 22.5 Å². The van der Waals surface area contributed by atoms with Crippen LogP contribution in [0.5, 0.6) is 0 Å². The van der Waals surface area contributed by atoms with Crippen molar-refractivity contribution in [3.05, 3.63) is 107 Å². The van der Waals surface area contributed by atoms with Crippen molar-refractivity contribution in [3.63, 3.8) is 0 Å². The zero-order valence-corrected chi connectivity index (χ0v) is 30.4. The molecule has 0 spiro atoms. The predicted octanol–water partition coefficient (Wildman–Crippen LogP) is 9.15. The maximum absolute atomic E-state index is 13.1. The van der Waals surface area contributed by atoms with E-state index in [1.54, 1.807) is 36.4 Å². The smallest absolute Gasteiger partial charge is 0.363 e. The van der Waals surface area contributed by atoms with Crippen LogP contribution in [-0.4, -0.2) is 37.0 Å². The number of carbonyl (C=O) groups is 2. The first-order valence-electron chi connectivity index (χ1n) is 16.7. The number of nitrogens with one attached hydrogen (secondary N) is 1. The highest BCUT2D eigenvalue weighted by Gasteiger charge is 2.35. The monoisotopic (exact) mass is 685 g/mol. The van der Waals surface area contributed by atoms with Gasteiger partial charge in [-0.2, -0.15) is 0 Å². The summed E-state index contributed by atoms with van der Waals surface area (Å²) < 4.78 is 6.77. The third-order valence-electron chi connectivity index (χ3n) is 10.5. The topological polar surface area (TPSA) is 87.0 Å². The van der Waals surface area contributed by atoms with E-state index in [0.29, 0.717) is 33.9 Å². The molecule has 1 N–H and O–H groups in total. The number of rotatable bonds is 5. The first-order valence-corrected chi connectivity index (χ1v) is 17.2. The lowest BCUT2D eigenvalue weighted by Crippen LogP contribution is -2.42. The van der Waals surface area contributed by atoms with E-state index in [9.17, 15) is 14.7 Å². The minimum atomic E-state index is -1.35. The van der Waals surface area contributed by atoms with Crippen molar-refractivity contribution in [3.8, 4) is 11.1 Å². The van der Waals surface area contributed by atoms with E-state index >= 15 is 0 Å². The number of hydrogen-bond acceptors (Lipinski definition) is 5. The van der Waals surface area contributed by atoms with Crippen molar-refractivity contribution in [1.82, 2.24) is 0 Å². The van der Waals surface area contributed by atoms with Gasteiger partial charge in [-0.15, -0.1) is 11.6 Å². The highest BCUT2D eigenvalue weighted by molar-refractivity contribution is 6.17. The first-order chi connectivity index (χ1) is 23.6. The van der Waals surface area contributed by atoms with Crippen molar-refractivity contribution < 1.29 is 19.1 Å². The van der Waals surface area contributed by atoms with Gasteiger partial charge in [-0.25, -0.2) is 4.42 Å². The molecule has 7 rings (SSSR count). The zero-order chi connectivity index (χ0) is 35.9. The van der Waals surface area contributed by atoms with E-state index in [0.717, 1.165) is 55.5 Å². The molecular weight excluding hydrogens is 646 g/mol. The first kappa shape index (κ1) is 33.4. The molecule has 254 valence electrons. The molecule has 2 aliphatic heterocycles. The van der Waals surface area contributed by atoms with Crippen LogP contribution < -0.4 is 20.2 Å². The molecule has 0 saturated carbocycles. The number of allylic oxidation sites excluding steroid dienone is 2. The van der Waals surface area contributed by atoms with Crippen LogP contribution >= 0.6 is 11.6 Å². The number of hydrogen-bond donors (Lipinski definition) is 1. The molecule has 0 atom stereocenters. The van der Waals surface area contributed by atoms with Gasteiger partial charge in [0.05, 0.1) is 51.3 Å². The van der Waals surface area contributed by atoms with Gasteiger partial charge in [0.15, 0.2) is 0 Å². The molecule has 0 aliphatic carbocycles. The normalized spacial score (nSPS) is 16.1. The summed E-state index contributed by atoms with van der Waals surface area (Å²) in [5.41, 5.74) is 10.1. The number of alkyl halides is 1. The Morgan fingerprint density at radius 2 is 1.28 bits per heavy atom. The minimum Gasteiger partial charge on any atom is -0.545 e. The number of amides is 1. The summed E-state index contributed by atoms with van der Waals surface area (Å²) in [6, 6.07) is 20.3. The van der Waals surface area contributed by atoms with E-state index in [4.69, 9.17) is 16.0 Å². The molecule has 3 heterocycles.